The van der Waals surface area contributed by atoms with Gasteiger partial charge in [0.1, 0.15) is 0 Å². The summed E-state index contributed by atoms with van der Waals surface area (Å²) in [6.45, 7) is 11.2. The smallest absolute Gasteiger partial charge is 0.0160 e. The third-order valence-electron chi connectivity index (χ3n) is 1.65. The van der Waals surface area contributed by atoms with E-state index in [-0.39, 0.29) is 25.5 Å². The molecule has 0 saturated carbocycles. The standard InChI is InChI=1S/C11H8N.C5H10.Ir/c1-2-6-10(7-3-1)11-8-4-5-9-12-11;1-5(2,3)4;/h1-6,8-9H;1H,2-4H3;/q2*-1;. The first kappa shape index (κ1) is 17.0. The summed E-state index contributed by atoms with van der Waals surface area (Å²) in [7, 11) is 0. The van der Waals surface area contributed by atoms with E-state index in [1.807, 2.05) is 63.2 Å². The zero-order chi connectivity index (χ0) is 12.7. The molecular weight excluding hydrogens is 398 g/mol. The van der Waals surface area contributed by atoms with Crippen LogP contribution < -0.4 is 0 Å². The second kappa shape index (κ2) is 8.18. The molecule has 1 aromatic carbocycles. The Hall–Kier alpha value is -0.981. The van der Waals surface area contributed by atoms with Crippen LogP contribution in [0.1, 0.15) is 20.8 Å². The topological polar surface area (TPSA) is 12.9 Å². The largest absolute Gasteiger partial charge is 0.489 e. The Kier molecular flexibility index (Phi) is 7.73. The van der Waals surface area contributed by atoms with Gasteiger partial charge in [0.05, 0.1) is 0 Å². The van der Waals surface area contributed by atoms with Gasteiger partial charge in [-0.1, -0.05) is 32.9 Å². The van der Waals surface area contributed by atoms with Gasteiger partial charge in [-0.2, -0.15) is 5.41 Å². The summed E-state index contributed by atoms with van der Waals surface area (Å²) < 4.78 is 0. The molecule has 0 spiro atoms. The number of hydrogen-bond donors (Lipinski definition) is 0. The molecule has 0 aliphatic carbocycles. The van der Waals surface area contributed by atoms with Crippen molar-refractivity contribution in [3.05, 3.63) is 61.7 Å². The Morgan fingerprint density at radius 3 is 2.11 bits per heavy atom. The maximum absolute atomic E-state index is 5.35. The van der Waals surface area contributed by atoms with E-state index in [1.54, 1.807) is 6.20 Å². The quantitative estimate of drug-likeness (QED) is 0.632. The van der Waals surface area contributed by atoms with Gasteiger partial charge in [-0.3, -0.25) is 0 Å². The monoisotopic (exact) mass is 417 g/mol. The fraction of sp³-hybridized carbons (Fsp3) is 0.250. The Labute approximate surface area is 124 Å². The van der Waals surface area contributed by atoms with Crippen LogP contribution in [0.25, 0.3) is 11.3 Å². The van der Waals surface area contributed by atoms with Crippen molar-refractivity contribution in [1.29, 1.82) is 0 Å². The van der Waals surface area contributed by atoms with E-state index in [0.29, 0.717) is 0 Å². The second-order valence-corrected chi connectivity index (χ2v) is 4.86. The first-order valence-electron chi connectivity index (χ1n) is 5.64. The van der Waals surface area contributed by atoms with Crippen LogP contribution in [0.15, 0.2) is 48.7 Å². The molecule has 0 saturated heterocycles. The molecule has 0 unspecified atom stereocenters. The van der Waals surface area contributed by atoms with Crippen LogP contribution in [0, 0.1) is 18.4 Å². The molecule has 1 aromatic heterocycles. The Balaban J connectivity index is 0.000000421. The van der Waals surface area contributed by atoms with Crippen LogP contribution in [0.2, 0.25) is 0 Å². The van der Waals surface area contributed by atoms with Crippen molar-refractivity contribution in [3.8, 4) is 11.3 Å². The van der Waals surface area contributed by atoms with Crippen molar-refractivity contribution >= 4 is 0 Å². The number of nitrogens with zero attached hydrogens (tertiary/aromatic N) is 1. The molecule has 1 nitrogen and oxygen atoms in total. The molecule has 2 aromatic rings. The summed E-state index contributed by atoms with van der Waals surface area (Å²) in [6, 6.07) is 16.8. The van der Waals surface area contributed by atoms with Crippen molar-refractivity contribution in [3.63, 3.8) is 0 Å². The molecule has 0 aliphatic heterocycles. The van der Waals surface area contributed by atoms with Crippen LogP contribution in [0.3, 0.4) is 0 Å². The van der Waals surface area contributed by atoms with Gasteiger partial charge in [-0.15, -0.1) is 35.9 Å². The average Bonchev–Trinajstić information content (AvgIpc) is 2.29. The zero-order valence-electron chi connectivity index (χ0n) is 11.0. The maximum Gasteiger partial charge on any atom is 0.0160 e. The van der Waals surface area contributed by atoms with Gasteiger partial charge >= 0.3 is 0 Å². The fourth-order valence-electron chi connectivity index (χ4n) is 1.07. The van der Waals surface area contributed by atoms with E-state index in [0.717, 1.165) is 11.3 Å². The molecule has 2 rings (SSSR count). The molecule has 0 bridgehead atoms. The van der Waals surface area contributed by atoms with Gasteiger partial charge in [0.25, 0.3) is 0 Å². The van der Waals surface area contributed by atoms with Crippen LogP contribution in [-0.2, 0) is 20.1 Å². The van der Waals surface area contributed by atoms with Gasteiger partial charge < -0.3 is 11.9 Å². The third-order valence-corrected chi connectivity index (χ3v) is 1.65. The first-order valence-corrected chi connectivity index (χ1v) is 5.64. The van der Waals surface area contributed by atoms with Gasteiger partial charge in [-0.05, 0) is 11.8 Å². The Morgan fingerprint density at radius 2 is 1.67 bits per heavy atom. The van der Waals surface area contributed by atoms with Gasteiger partial charge in [0.15, 0.2) is 0 Å². The molecular formula is C16H18IrN-2. The van der Waals surface area contributed by atoms with E-state index in [1.165, 1.54) is 0 Å². The van der Waals surface area contributed by atoms with Crippen LogP contribution in [0.4, 0.5) is 0 Å². The average molecular weight is 417 g/mol. The van der Waals surface area contributed by atoms with Gasteiger partial charge in [-0.25, -0.2) is 0 Å². The number of aromatic nitrogens is 1. The van der Waals surface area contributed by atoms with Crippen molar-refractivity contribution in [1.82, 2.24) is 4.98 Å². The maximum atomic E-state index is 5.35. The molecule has 18 heavy (non-hydrogen) atoms. The predicted molar refractivity (Wildman–Crippen MR) is 72.3 cm³/mol. The molecule has 1 heterocycles. The van der Waals surface area contributed by atoms with E-state index in [4.69, 9.17) is 6.92 Å². The number of benzene rings is 1. The molecule has 2 radical (unpaired) electrons. The van der Waals surface area contributed by atoms with Gasteiger partial charge in [0.2, 0.25) is 0 Å². The summed E-state index contributed by atoms with van der Waals surface area (Å²) in [6.07, 6.45) is 1.79. The van der Waals surface area contributed by atoms with E-state index in [2.05, 4.69) is 11.1 Å². The minimum Gasteiger partial charge on any atom is -0.489 e. The summed E-state index contributed by atoms with van der Waals surface area (Å²) in [4.78, 5) is 4.22. The summed E-state index contributed by atoms with van der Waals surface area (Å²) in [5, 5.41) is 0. The van der Waals surface area contributed by atoms with Crippen LogP contribution in [0.5, 0.6) is 0 Å². The molecule has 2 heteroatoms. The Bertz CT molecular complexity index is 374. The van der Waals surface area contributed by atoms with Crippen LogP contribution in [-0.4, -0.2) is 4.98 Å². The minimum absolute atomic E-state index is 0. The zero-order valence-corrected chi connectivity index (χ0v) is 13.4. The van der Waals surface area contributed by atoms with Crippen molar-refractivity contribution in [2.24, 2.45) is 5.41 Å². The van der Waals surface area contributed by atoms with E-state index >= 15 is 0 Å². The first-order chi connectivity index (χ1) is 7.97. The summed E-state index contributed by atoms with van der Waals surface area (Å²) in [5.41, 5.74) is 2.01. The van der Waals surface area contributed by atoms with Crippen molar-refractivity contribution in [2.75, 3.05) is 0 Å². The minimum atomic E-state index is 0. The molecule has 0 fully saturated rings. The number of pyridine rings is 1. The van der Waals surface area contributed by atoms with E-state index in [9.17, 15) is 0 Å². The SMILES string of the molecule is [CH-]C(C)(C)C.[Ir].[c-]1ccccc1-c1ccccn1. The Morgan fingerprint density at radius 1 is 1.06 bits per heavy atom. The van der Waals surface area contributed by atoms with Crippen LogP contribution >= 0.6 is 0 Å². The molecule has 0 aliphatic rings. The molecule has 0 amide bonds. The predicted octanol–water partition coefficient (Wildman–Crippen LogP) is 4.29. The normalized spacial score (nSPS) is 9.78. The fourth-order valence-corrected chi connectivity index (χ4v) is 1.07. The summed E-state index contributed by atoms with van der Waals surface area (Å²) in [5.74, 6) is 0. The van der Waals surface area contributed by atoms with Crippen molar-refractivity contribution < 1.29 is 20.1 Å². The van der Waals surface area contributed by atoms with Crippen molar-refractivity contribution in [2.45, 2.75) is 20.8 Å². The number of hydrogen-bond acceptors (Lipinski definition) is 1. The van der Waals surface area contributed by atoms with Gasteiger partial charge in [0, 0.05) is 26.3 Å². The second-order valence-electron chi connectivity index (χ2n) is 4.86. The summed E-state index contributed by atoms with van der Waals surface area (Å²) >= 11 is 0. The molecule has 98 valence electrons. The number of rotatable bonds is 1. The van der Waals surface area contributed by atoms with E-state index < -0.39 is 0 Å². The molecule has 0 N–H and O–H groups in total. The molecule has 0 atom stereocenters. The third kappa shape index (κ3) is 8.16.